The van der Waals surface area contributed by atoms with Gasteiger partial charge in [-0.1, -0.05) is 12.1 Å². The molecule has 0 saturated carbocycles. The van der Waals surface area contributed by atoms with E-state index in [1.54, 1.807) is 38.4 Å². The summed E-state index contributed by atoms with van der Waals surface area (Å²) < 4.78 is 25.7. The Morgan fingerprint density at radius 2 is 1.97 bits per heavy atom. The highest BCUT2D eigenvalue weighted by molar-refractivity contribution is 5.99. The number of benzene rings is 2. The SMILES string of the molecule is CN(C)C(=O)C[C@@H]1C[C@@H]2c3cc(NC(=O)Nc4ccccc4F)ccc3O[C@@H]2[C@@H](CO)O1. The number of halogens is 1. The molecule has 0 aliphatic carbocycles. The molecule has 2 heterocycles. The summed E-state index contributed by atoms with van der Waals surface area (Å²) in [5.41, 5.74) is 1.48. The first-order valence-corrected chi connectivity index (χ1v) is 10.4. The number of fused-ring (bicyclic) bond motifs is 3. The summed E-state index contributed by atoms with van der Waals surface area (Å²) in [7, 11) is 3.38. The van der Waals surface area contributed by atoms with Gasteiger partial charge in [-0.05, 0) is 36.8 Å². The highest BCUT2D eigenvalue weighted by atomic mass is 19.1. The van der Waals surface area contributed by atoms with Gasteiger partial charge >= 0.3 is 6.03 Å². The van der Waals surface area contributed by atoms with Crippen molar-refractivity contribution in [3.8, 4) is 5.75 Å². The molecule has 2 aromatic carbocycles. The van der Waals surface area contributed by atoms with Crippen LogP contribution in [0.3, 0.4) is 0 Å². The second-order valence-electron chi connectivity index (χ2n) is 8.21. The van der Waals surface area contributed by atoms with Crippen LogP contribution in [-0.4, -0.2) is 61.0 Å². The molecule has 1 fully saturated rings. The highest BCUT2D eigenvalue weighted by Gasteiger charge is 2.46. The number of aliphatic hydroxyl groups is 1. The fraction of sp³-hybridized carbons (Fsp3) is 0.391. The molecule has 2 aromatic rings. The third-order valence-corrected chi connectivity index (χ3v) is 5.78. The van der Waals surface area contributed by atoms with Crippen molar-refractivity contribution in [3.63, 3.8) is 0 Å². The molecule has 0 spiro atoms. The number of carbonyl (C=O) groups excluding carboxylic acids is 2. The van der Waals surface area contributed by atoms with Gasteiger partial charge < -0.3 is 30.1 Å². The van der Waals surface area contributed by atoms with Crippen molar-refractivity contribution in [2.45, 2.75) is 37.1 Å². The number of anilines is 2. The topological polar surface area (TPSA) is 100 Å². The fourth-order valence-electron chi connectivity index (χ4n) is 4.19. The average Bonchev–Trinajstić information content (AvgIpc) is 3.12. The highest BCUT2D eigenvalue weighted by Crippen LogP contribution is 2.47. The van der Waals surface area contributed by atoms with E-state index in [0.29, 0.717) is 17.9 Å². The number of ether oxygens (including phenoxy) is 2. The second kappa shape index (κ2) is 9.13. The van der Waals surface area contributed by atoms with Crippen LogP contribution in [0.2, 0.25) is 0 Å². The van der Waals surface area contributed by atoms with E-state index in [1.165, 1.54) is 17.0 Å². The molecular formula is C23H26FN3O5. The van der Waals surface area contributed by atoms with Crippen molar-refractivity contribution >= 4 is 23.3 Å². The zero-order valence-electron chi connectivity index (χ0n) is 17.9. The van der Waals surface area contributed by atoms with Crippen molar-refractivity contribution in [2.75, 3.05) is 31.3 Å². The Kier molecular flexibility index (Phi) is 6.29. The number of aliphatic hydroxyl groups excluding tert-OH is 1. The summed E-state index contributed by atoms with van der Waals surface area (Å²) >= 11 is 0. The van der Waals surface area contributed by atoms with Gasteiger partial charge in [0.2, 0.25) is 5.91 Å². The number of carbonyl (C=O) groups is 2. The van der Waals surface area contributed by atoms with Crippen molar-refractivity contribution in [1.82, 2.24) is 4.90 Å². The summed E-state index contributed by atoms with van der Waals surface area (Å²) in [5.74, 6) is -0.0122. The zero-order chi connectivity index (χ0) is 22.8. The molecule has 4 atom stereocenters. The molecule has 0 bridgehead atoms. The van der Waals surface area contributed by atoms with Crippen LogP contribution in [-0.2, 0) is 9.53 Å². The average molecular weight is 443 g/mol. The normalized spacial score (nSPS) is 23.5. The van der Waals surface area contributed by atoms with E-state index in [-0.39, 0.29) is 42.7 Å². The third kappa shape index (κ3) is 4.53. The molecular weight excluding hydrogens is 417 g/mol. The first-order chi connectivity index (χ1) is 15.4. The summed E-state index contributed by atoms with van der Waals surface area (Å²) in [6.07, 6.45) is -0.507. The largest absolute Gasteiger partial charge is 0.487 e. The molecule has 0 radical (unpaired) electrons. The Labute approximate surface area is 185 Å². The Balaban J connectivity index is 1.49. The summed E-state index contributed by atoms with van der Waals surface area (Å²) in [5, 5.41) is 15.0. The number of amides is 3. The van der Waals surface area contributed by atoms with Crippen molar-refractivity contribution in [2.24, 2.45) is 0 Å². The first kappa shape index (κ1) is 22.0. The van der Waals surface area contributed by atoms with Gasteiger partial charge in [-0.15, -0.1) is 0 Å². The van der Waals surface area contributed by atoms with Crippen molar-refractivity contribution in [3.05, 3.63) is 53.8 Å². The van der Waals surface area contributed by atoms with E-state index in [4.69, 9.17) is 9.47 Å². The van der Waals surface area contributed by atoms with Crippen LogP contribution in [0.4, 0.5) is 20.6 Å². The quantitative estimate of drug-likeness (QED) is 0.660. The zero-order valence-corrected chi connectivity index (χ0v) is 17.9. The lowest BCUT2D eigenvalue weighted by Crippen LogP contribution is -2.47. The molecule has 4 rings (SSSR count). The molecule has 8 nitrogen and oxygen atoms in total. The number of para-hydroxylation sites is 1. The van der Waals surface area contributed by atoms with E-state index in [0.717, 1.165) is 5.56 Å². The molecule has 170 valence electrons. The predicted molar refractivity (Wildman–Crippen MR) is 116 cm³/mol. The Morgan fingerprint density at radius 3 is 2.69 bits per heavy atom. The smallest absolute Gasteiger partial charge is 0.323 e. The van der Waals surface area contributed by atoms with Gasteiger partial charge in [-0.25, -0.2) is 9.18 Å². The number of nitrogens with zero attached hydrogens (tertiary/aromatic N) is 1. The third-order valence-electron chi connectivity index (χ3n) is 5.78. The number of nitrogens with one attached hydrogen (secondary N) is 2. The lowest BCUT2D eigenvalue weighted by atomic mass is 9.84. The number of urea groups is 1. The minimum atomic E-state index is -0.569. The van der Waals surface area contributed by atoms with Gasteiger partial charge in [0.05, 0.1) is 24.8 Å². The van der Waals surface area contributed by atoms with Crippen molar-refractivity contribution in [1.29, 1.82) is 0 Å². The number of rotatable bonds is 5. The minimum Gasteiger partial charge on any atom is -0.487 e. The van der Waals surface area contributed by atoms with Gasteiger partial charge in [-0.3, -0.25) is 4.79 Å². The van der Waals surface area contributed by atoms with E-state index in [1.807, 2.05) is 6.07 Å². The maximum atomic E-state index is 13.8. The van der Waals surface area contributed by atoms with E-state index >= 15 is 0 Å². The number of hydrogen-bond donors (Lipinski definition) is 3. The molecule has 9 heteroatoms. The Hall–Kier alpha value is -3.17. The van der Waals surface area contributed by atoms with Gasteiger partial charge in [0.25, 0.3) is 0 Å². The molecule has 2 aliphatic heterocycles. The molecule has 3 amide bonds. The van der Waals surface area contributed by atoms with Gasteiger partial charge in [0, 0.05) is 31.3 Å². The predicted octanol–water partition coefficient (Wildman–Crippen LogP) is 2.94. The summed E-state index contributed by atoms with van der Waals surface area (Å²) in [6, 6.07) is 10.6. The van der Waals surface area contributed by atoms with Crippen LogP contribution in [0.5, 0.6) is 5.75 Å². The number of hydrogen-bond acceptors (Lipinski definition) is 5. The lowest BCUT2D eigenvalue weighted by molar-refractivity contribution is -0.147. The molecule has 0 unspecified atom stereocenters. The van der Waals surface area contributed by atoms with Crippen LogP contribution in [0, 0.1) is 5.82 Å². The lowest BCUT2D eigenvalue weighted by Gasteiger charge is -2.37. The van der Waals surface area contributed by atoms with E-state index < -0.39 is 18.0 Å². The Morgan fingerprint density at radius 1 is 1.19 bits per heavy atom. The summed E-state index contributed by atoms with van der Waals surface area (Å²) in [4.78, 5) is 26.0. The van der Waals surface area contributed by atoms with Crippen molar-refractivity contribution < 1.29 is 28.6 Å². The van der Waals surface area contributed by atoms with Crippen LogP contribution in [0.15, 0.2) is 42.5 Å². The fourth-order valence-corrected chi connectivity index (χ4v) is 4.19. The Bertz CT molecular complexity index is 1010. The molecule has 0 aromatic heterocycles. The van der Waals surface area contributed by atoms with Gasteiger partial charge in [0.1, 0.15) is 23.8 Å². The van der Waals surface area contributed by atoms with Crippen LogP contribution >= 0.6 is 0 Å². The maximum Gasteiger partial charge on any atom is 0.323 e. The van der Waals surface area contributed by atoms with E-state index in [2.05, 4.69) is 10.6 Å². The van der Waals surface area contributed by atoms with Crippen LogP contribution in [0.25, 0.3) is 0 Å². The maximum absolute atomic E-state index is 13.8. The van der Waals surface area contributed by atoms with Gasteiger partial charge in [-0.2, -0.15) is 0 Å². The van der Waals surface area contributed by atoms with E-state index in [9.17, 15) is 19.1 Å². The second-order valence-corrected chi connectivity index (χ2v) is 8.21. The van der Waals surface area contributed by atoms with Gasteiger partial charge in [0.15, 0.2) is 0 Å². The standard InChI is InChI=1S/C23H26FN3O5/c1-27(2)21(29)11-14-10-16-15-9-13(7-8-19(15)32-22(16)20(12-28)31-14)25-23(30)26-18-6-4-3-5-17(18)24/h3-9,14,16,20,22,28H,10-12H2,1-2H3,(H2,25,26,30)/t14-,16+,20+,22-/m0/s1. The monoisotopic (exact) mass is 443 g/mol. The first-order valence-electron chi connectivity index (χ1n) is 10.4. The molecule has 2 aliphatic rings. The molecule has 3 N–H and O–H groups in total. The molecule has 1 saturated heterocycles. The minimum absolute atomic E-state index is 0.0514. The summed E-state index contributed by atoms with van der Waals surface area (Å²) in [6.45, 7) is -0.224. The molecule has 32 heavy (non-hydrogen) atoms. The van der Waals surface area contributed by atoms with Crippen LogP contribution in [0.1, 0.15) is 24.3 Å². The van der Waals surface area contributed by atoms with Crippen LogP contribution < -0.4 is 15.4 Å².